The first-order valence-corrected chi connectivity index (χ1v) is 6.66. The molecule has 0 saturated carbocycles. The van der Waals surface area contributed by atoms with E-state index in [-0.39, 0.29) is 18.7 Å². The van der Waals surface area contributed by atoms with Gasteiger partial charge in [0.1, 0.15) is 5.76 Å². The monoisotopic (exact) mass is 309 g/mol. The third-order valence-electron chi connectivity index (χ3n) is 2.76. The van der Waals surface area contributed by atoms with Crippen molar-refractivity contribution in [3.63, 3.8) is 0 Å². The van der Waals surface area contributed by atoms with Gasteiger partial charge in [0.15, 0.2) is 0 Å². The lowest BCUT2D eigenvalue weighted by Crippen LogP contribution is -2.33. The average molecular weight is 310 g/mol. The SMILES string of the molecule is C[C@@H](CO)N[C@@H](c1ccc(Br)cc1)c1ccco1. The second-order valence-electron chi connectivity index (χ2n) is 4.25. The van der Waals surface area contributed by atoms with Crippen LogP contribution < -0.4 is 5.32 Å². The number of nitrogens with one attached hydrogen (secondary N) is 1. The fourth-order valence-corrected chi connectivity index (χ4v) is 2.05. The molecule has 18 heavy (non-hydrogen) atoms. The molecule has 4 heteroatoms. The van der Waals surface area contributed by atoms with E-state index in [1.807, 2.05) is 43.3 Å². The number of halogens is 1. The number of rotatable bonds is 5. The topological polar surface area (TPSA) is 45.4 Å². The highest BCUT2D eigenvalue weighted by Crippen LogP contribution is 2.24. The van der Waals surface area contributed by atoms with Crippen molar-refractivity contribution in [2.45, 2.75) is 19.0 Å². The summed E-state index contributed by atoms with van der Waals surface area (Å²) in [6, 6.07) is 11.8. The zero-order chi connectivity index (χ0) is 13.0. The lowest BCUT2D eigenvalue weighted by Gasteiger charge is -2.21. The van der Waals surface area contributed by atoms with Crippen molar-refractivity contribution in [1.29, 1.82) is 0 Å². The molecule has 2 atom stereocenters. The third-order valence-corrected chi connectivity index (χ3v) is 3.28. The number of hydrogen-bond acceptors (Lipinski definition) is 3. The molecule has 0 saturated heterocycles. The molecule has 0 amide bonds. The Morgan fingerprint density at radius 3 is 2.56 bits per heavy atom. The van der Waals surface area contributed by atoms with Gasteiger partial charge in [-0.3, -0.25) is 5.32 Å². The van der Waals surface area contributed by atoms with Crippen molar-refractivity contribution in [1.82, 2.24) is 5.32 Å². The van der Waals surface area contributed by atoms with E-state index in [0.29, 0.717) is 0 Å². The minimum absolute atomic E-state index is 0.00347. The highest BCUT2D eigenvalue weighted by atomic mass is 79.9. The summed E-state index contributed by atoms with van der Waals surface area (Å²) in [5.74, 6) is 0.845. The molecule has 2 rings (SSSR count). The van der Waals surface area contributed by atoms with Crippen LogP contribution in [-0.4, -0.2) is 17.8 Å². The summed E-state index contributed by atoms with van der Waals surface area (Å²) in [6.45, 7) is 2.03. The fourth-order valence-electron chi connectivity index (χ4n) is 1.79. The molecule has 1 aromatic carbocycles. The van der Waals surface area contributed by atoms with Gasteiger partial charge in [-0.2, -0.15) is 0 Å². The van der Waals surface area contributed by atoms with Crippen LogP contribution in [0.1, 0.15) is 24.3 Å². The molecule has 3 nitrogen and oxygen atoms in total. The van der Waals surface area contributed by atoms with Crippen LogP contribution in [0.25, 0.3) is 0 Å². The zero-order valence-electron chi connectivity index (χ0n) is 10.1. The Morgan fingerprint density at radius 2 is 2.00 bits per heavy atom. The average Bonchev–Trinajstić information content (AvgIpc) is 2.90. The van der Waals surface area contributed by atoms with Crippen LogP contribution >= 0.6 is 15.9 Å². The van der Waals surface area contributed by atoms with Crippen molar-refractivity contribution >= 4 is 15.9 Å². The maximum absolute atomic E-state index is 9.17. The lowest BCUT2D eigenvalue weighted by molar-refractivity contribution is 0.241. The third kappa shape index (κ3) is 3.22. The molecule has 2 aromatic rings. The Bertz CT molecular complexity index is 467. The largest absolute Gasteiger partial charge is 0.467 e. The number of hydrogen-bond donors (Lipinski definition) is 2. The van der Waals surface area contributed by atoms with E-state index < -0.39 is 0 Å². The lowest BCUT2D eigenvalue weighted by atomic mass is 10.0. The van der Waals surface area contributed by atoms with E-state index in [4.69, 9.17) is 4.42 Å². The van der Waals surface area contributed by atoms with Gasteiger partial charge in [-0.15, -0.1) is 0 Å². The van der Waals surface area contributed by atoms with Crippen LogP contribution in [0, 0.1) is 0 Å². The van der Waals surface area contributed by atoms with Crippen molar-refractivity contribution < 1.29 is 9.52 Å². The summed E-state index contributed by atoms with van der Waals surface area (Å²) in [5, 5.41) is 12.5. The molecule has 0 aliphatic rings. The Balaban J connectivity index is 2.27. The van der Waals surface area contributed by atoms with Crippen LogP contribution in [0.4, 0.5) is 0 Å². The fraction of sp³-hybridized carbons (Fsp3) is 0.286. The molecule has 2 N–H and O–H groups in total. The molecule has 96 valence electrons. The highest BCUT2D eigenvalue weighted by molar-refractivity contribution is 9.10. The van der Waals surface area contributed by atoms with E-state index >= 15 is 0 Å². The maximum Gasteiger partial charge on any atom is 0.125 e. The minimum Gasteiger partial charge on any atom is -0.467 e. The van der Waals surface area contributed by atoms with E-state index in [9.17, 15) is 5.11 Å². The molecule has 0 aliphatic heterocycles. The van der Waals surface area contributed by atoms with Crippen molar-refractivity contribution in [3.05, 3.63) is 58.5 Å². The molecule has 1 heterocycles. The first kappa shape index (κ1) is 13.3. The second-order valence-corrected chi connectivity index (χ2v) is 5.17. The molecule has 0 bridgehead atoms. The number of aliphatic hydroxyl groups is 1. The van der Waals surface area contributed by atoms with Gasteiger partial charge in [0.25, 0.3) is 0 Å². The summed E-state index contributed by atoms with van der Waals surface area (Å²) in [7, 11) is 0. The molecular weight excluding hydrogens is 294 g/mol. The molecule has 0 aliphatic carbocycles. The quantitative estimate of drug-likeness (QED) is 0.892. The normalized spacial score (nSPS) is 14.4. The Hall–Kier alpha value is -1.10. The van der Waals surface area contributed by atoms with Gasteiger partial charge < -0.3 is 9.52 Å². The van der Waals surface area contributed by atoms with Gasteiger partial charge >= 0.3 is 0 Å². The molecule has 0 radical (unpaired) electrons. The standard InChI is InChI=1S/C14H16BrNO2/c1-10(9-17)16-14(13-3-2-8-18-13)11-4-6-12(15)7-5-11/h2-8,10,14,16-17H,9H2,1H3/t10-,14-/m0/s1. The van der Waals surface area contributed by atoms with Gasteiger partial charge in [-0.25, -0.2) is 0 Å². The van der Waals surface area contributed by atoms with Gasteiger partial charge in [-0.05, 0) is 36.8 Å². The van der Waals surface area contributed by atoms with Crippen molar-refractivity contribution in [3.8, 4) is 0 Å². The van der Waals surface area contributed by atoms with Crippen LogP contribution in [0.3, 0.4) is 0 Å². The predicted octanol–water partition coefficient (Wildman–Crippen LogP) is 3.10. The van der Waals surface area contributed by atoms with Gasteiger partial charge in [-0.1, -0.05) is 28.1 Å². The summed E-state index contributed by atoms with van der Waals surface area (Å²) in [4.78, 5) is 0. The number of benzene rings is 1. The van der Waals surface area contributed by atoms with Crippen LogP contribution in [0.5, 0.6) is 0 Å². The summed E-state index contributed by atoms with van der Waals surface area (Å²) >= 11 is 3.42. The van der Waals surface area contributed by atoms with Crippen molar-refractivity contribution in [2.75, 3.05) is 6.61 Å². The summed E-state index contributed by atoms with van der Waals surface area (Å²) in [5.41, 5.74) is 1.11. The molecule has 0 spiro atoms. The minimum atomic E-state index is -0.0461. The Kier molecular flexibility index (Phi) is 4.58. The van der Waals surface area contributed by atoms with Gasteiger partial charge in [0.2, 0.25) is 0 Å². The van der Waals surface area contributed by atoms with Crippen LogP contribution in [0.2, 0.25) is 0 Å². The van der Waals surface area contributed by atoms with Gasteiger partial charge in [0.05, 0.1) is 18.9 Å². The van der Waals surface area contributed by atoms with Gasteiger partial charge in [0, 0.05) is 10.5 Å². The summed E-state index contributed by atoms with van der Waals surface area (Å²) in [6.07, 6.45) is 1.66. The van der Waals surface area contributed by atoms with E-state index in [1.54, 1.807) is 6.26 Å². The molecule has 1 aromatic heterocycles. The van der Waals surface area contributed by atoms with E-state index in [2.05, 4.69) is 21.2 Å². The van der Waals surface area contributed by atoms with Crippen LogP contribution in [-0.2, 0) is 0 Å². The second kappa shape index (κ2) is 6.18. The first-order valence-electron chi connectivity index (χ1n) is 5.86. The molecule has 0 fully saturated rings. The predicted molar refractivity (Wildman–Crippen MR) is 74.4 cm³/mol. The van der Waals surface area contributed by atoms with Crippen molar-refractivity contribution in [2.24, 2.45) is 0 Å². The number of aliphatic hydroxyl groups excluding tert-OH is 1. The van der Waals surface area contributed by atoms with E-state index in [1.165, 1.54) is 0 Å². The molecule has 0 unspecified atom stereocenters. The Morgan fingerprint density at radius 1 is 1.28 bits per heavy atom. The number of furan rings is 1. The zero-order valence-corrected chi connectivity index (χ0v) is 11.7. The van der Waals surface area contributed by atoms with E-state index in [0.717, 1.165) is 15.8 Å². The Labute approximate surface area is 115 Å². The first-order chi connectivity index (χ1) is 8.70. The van der Waals surface area contributed by atoms with Crippen LogP contribution in [0.15, 0.2) is 51.6 Å². The molecular formula is C14H16BrNO2. The smallest absolute Gasteiger partial charge is 0.125 e. The highest BCUT2D eigenvalue weighted by Gasteiger charge is 2.18. The summed E-state index contributed by atoms with van der Waals surface area (Å²) < 4.78 is 6.51. The maximum atomic E-state index is 9.17.